The van der Waals surface area contributed by atoms with Crippen molar-refractivity contribution in [2.24, 2.45) is 30.2 Å². The third kappa shape index (κ3) is 3.77. The number of piperidine rings is 1. The largest absolute Gasteiger partial charge is 0.351 e. The van der Waals surface area contributed by atoms with Gasteiger partial charge in [0.05, 0.1) is 16.4 Å². The molecule has 2 heterocycles. The first-order valence-electron chi connectivity index (χ1n) is 10.4. The van der Waals surface area contributed by atoms with Crippen LogP contribution < -0.4 is 5.32 Å². The Morgan fingerprint density at radius 3 is 2.52 bits per heavy atom. The van der Waals surface area contributed by atoms with Gasteiger partial charge in [-0.25, -0.2) is 13.4 Å². The van der Waals surface area contributed by atoms with Gasteiger partial charge in [-0.2, -0.15) is 4.31 Å². The number of hydrogen-bond donors (Lipinski definition) is 1. The monoisotopic (exact) mass is 482 g/mol. The van der Waals surface area contributed by atoms with Gasteiger partial charge < -0.3 is 9.88 Å². The summed E-state index contributed by atoms with van der Waals surface area (Å²) in [6, 6.07) is 4.85. The van der Waals surface area contributed by atoms with Gasteiger partial charge in [-0.3, -0.25) is 4.79 Å². The predicted octanol–water partition coefficient (Wildman–Crippen LogP) is 3.19. The molecule has 1 aliphatic heterocycles. The van der Waals surface area contributed by atoms with Crippen molar-refractivity contribution in [2.75, 3.05) is 19.6 Å². The van der Waals surface area contributed by atoms with Crippen molar-refractivity contribution in [3.8, 4) is 0 Å². The Morgan fingerprint density at radius 2 is 1.94 bits per heavy atom. The third-order valence-corrected chi connectivity index (χ3v) is 9.52. The Labute approximate surface area is 191 Å². The molecule has 10 heteroatoms. The topological polar surface area (TPSA) is 84.3 Å². The molecule has 2 saturated carbocycles. The standard InChI is InChI=1S/C21H24Cl2N4O3S/c1-26-10-19(25-12-26)31(29,30)27-8-15-16(9-27)21(15,7-13-2-3-13)11-24-20(28)14-4-5-17(22)18(23)6-14/h4-6,10,12-13,15-16H,2-3,7-9,11H2,1H3,(H,24,28)/t15-,16+,21?. The number of carbonyl (C=O) groups is 1. The second-order valence-electron chi connectivity index (χ2n) is 9.10. The minimum Gasteiger partial charge on any atom is -0.351 e. The van der Waals surface area contributed by atoms with Gasteiger partial charge in [0.1, 0.15) is 0 Å². The molecule has 31 heavy (non-hydrogen) atoms. The van der Waals surface area contributed by atoms with Crippen LogP contribution in [0, 0.1) is 23.2 Å². The Hall–Kier alpha value is -1.61. The zero-order valence-electron chi connectivity index (χ0n) is 17.1. The van der Waals surface area contributed by atoms with E-state index in [4.69, 9.17) is 23.2 Å². The number of fused-ring (bicyclic) bond motifs is 1. The Kier molecular flexibility index (Phi) is 5.12. The van der Waals surface area contributed by atoms with Gasteiger partial charge in [0.25, 0.3) is 15.9 Å². The molecule has 1 unspecified atom stereocenters. The van der Waals surface area contributed by atoms with Crippen LogP contribution in [-0.2, 0) is 17.1 Å². The van der Waals surface area contributed by atoms with E-state index >= 15 is 0 Å². The number of amides is 1. The lowest BCUT2D eigenvalue weighted by Crippen LogP contribution is -2.39. The van der Waals surface area contributed by atoms with Crippen LogP contribution in [0.15, 0.2) is 35.7 Å². The van der Waals surface area contributed by atoms with Crippen molar-refractivity contribution in [1.29, 1.82) is 0 Å². The highest BCUT2D eigenvalue weighted by atomic mass is 35.5. The number of aryl methyl sites for hydroxylation is 1. The summed E-state index contributed by atoms with van der Waals surface area (Å²) in [6.07, 6.45) is 6.52. The van der Waals surface area contributed by atoms with E-state index in [2.05, 4.69) is 10.3 Å². The third-order valence-electron chi connectivity index (χ3n) is 7.07. The summed E-state index contributed by atoms with van der Waals surface area (Å²) in [5, 5.41) is 3.93. The van der Waals surface area contributed by atoms with Crippen LogP contribution in [0.2, 0.25) is 10.0 Å². The Bertz CT molecular complexity index is 1130. The summed E-state index contributed by atoms with van der Waals surface area (Å²) in [5.74, 6) is 1.03. The number of benzene rings is 1. The summed E-state index contributed by atoms with van der Waals surface area (Å²) in [6.45, 7) is 1.52. The number of hydrogen-bond acceptors (Lipinski definition) is 4. The lowest BCUT2D eigenvalue weighted by Gasteiger charge is -2.26. The average molecular weight is 483 g/mol. The SMILES string of the molecule is Cn1cnc(S(=O)(=O)N2C[C@@H]3[C@H](C2)C3(CNC(=O)c2ccc(Cl)c(Cl)c2)CC2CC2)c1. The number of nitrogens with one attached hydrogen (secondary N) is 1. The van der Waals surface area contributed by atoms with Crippen molar-refractivity contribution >= 4 is 39.1 Å². The first kappa shape index (κ1) is 21.2. The van der Waals surface area contributed by atoms with Crippen LogP contribution in [0.1, 0.15) is 29.6 Å². The van der Waals surface area contributed by atoms with Crippen LogP contribution in [0.4, 0.5) is 0 Å². The molecule has 1 N–H and O–H groups in total. The number of sulfonamides is 1. The van der Waals surface area contributed by atoms with E-state index in [1.165, 1.54) is 25.4 Å². The van der Waals surface area contributed by atoms with E-state index in [0.717, 1.165) is 6.42 Å². The maximum Gasteiger partial charge on any atom is 0.262 e. The molecule has 1 aromatic heterocycles. The predicted molar refractivity (Wildman–Crippen MR) is 118 cm³/mol. The number of nitrogens with zero attached hydrogens (tertiary/aromatic N) is 3. The van der Waals surface area contributed by atoms with E-state index in [9.17, 15) is 13.2 Å². The molecule has 166 valence electrons. The molecule has 0 spiro atoms. The minimum atomic E-state index is -3.58. The van der Waals surface area contributed by atoms with Crippen molar-refractivity contribution in [3.05, 3.63) is 46.3 Å². The highest BCUT2D eigenvalue weighted by Gasteiger charge is 2.69. The zero-order chi connectivity index (χ0) is 22.0. The highest BCUT2D eigenvalue weighted by molar-refractivity contribution is 7.89. The lowest BCUT2D eigenvalue weighted by atomic mass is 9.92. The molecule has 3 atom stereocenters. The lowest BCUT2D eigenvalue weighted by molar-refractivity contribution is 0.0937. The van der Waals surface area contributed by atoms with Gasteiger partial charge in [0.15, 0.2) is 5.03 Å². The molecular formula is C21H24Cl2N4O3S. The molecule has 7 nitrogen and oxygen atoms in total. The molecule has 1 saturated heterocycles. The van der Waals surface area contributed by atoms with Crippen LogP contribution in [0.5, 0.6) is 0 Å². The van der Waals surface area contributed by atoms with Gasteiger partial charge in [-0.15, -0.1) is 0 Å². The van der Waals surface area contributed by atoms with Gasteiger partial charge in [-0.05, 0) is 47.8 Å². The van der Waals surface area contributed by atoms with Crippen LogP contribution in [0.25, 0.3) is 0 Å². The summed E-state index contributed by atoms with van der Waals surface area (Å²) in [5.41, 5.74) is 0.449. The molecule has 3 fully saturated rings. The van der Waals surface area contributed by atoms with Gasteiger partial charge >= 0.3 is 0 Å². The summed E-state index contributed by atoms with van der Waals surface area (Å²) < 4.78 is 29.0. The Morgan fingerprint density at radius 1 is 1.23 bits per heavy atom. The number of halogens is 2. The fourth-order valence-corrected chi connectivity index (χ4v) is 6.89. The van der Waals surface area contributed by atoms with E-state index in [0.29, 0.717) is 41.2 Å². The number of rotatable bonds is 7. The number of imidazole rings is 1. The fraction of sp³-hybridized carbons (Fsp3) is 0.524. The average Bonchev–Trinajstić information content (AvgIpc) is 3.49. The Balaban J connectivity index is 1.27. The van der Waals surface area contributed by atoms with Gasteiger partial charge in [0, 0.05) is 38.4 Å². The number of carbonyl (C=O) groups excluding carboxylic acids is 1. The smallest absolute Gasteiger partial charge is 0.262 e. The van der Waals surface area contributed by atoms with Crippen LogP contribution in [-0.4, -0.2) is 47.8 Å². The normalized spacial score (nSPS) is 27.8. The van der Waals surface area contributed by atoms with Crippen molar-refractivity contribution < 1.29 is 13.2 Å². The second kappa shape index (κ2) is 7.47. The van der Waals surface area contributed by atoms with Crippen molar-refractivity contribution in [2.45, 2.75) is 24.3 Å². The minimum absolute atomic E-state index is 0.0246. The molecule has 1 aromatic carbocycles. The fourth-order valence-electron chi connectivity index (χ4n) is 5.13. The van der Waals surface area contributed by atoms with E-state index in [-0.39, 0.29) is 28.2 Å². The molecule has 2 aliphatic carbocycles. The second-order valence-corrected chi connectivity index (χ2v) is 11.8. The first-order valence-corrected chi connectivity index (χ1v) is 12.6. The molecular weight excluding hydrogens is 459 g/mol. The van der Waals surface area contributed by atoms with Crippen molar-refractivity contribution in [1.82, 2.24) is 19.2 Å². The molecule has 1 amide bonds. The summed E-state index contributed by atoms with van der Waals surface area (Å²) >= 11 is 12.0. The quantitative estimate of drug-likeness (QED) is 0.656. The molecule has 0 bridgehead atoms. The molecule has 0 radical (unpaired) electrons. The maximum atomic E-state index is 12.9. The van der Waals surface area contributed by atoms with E-state index in [1.807, 2.05) is 0 Å². The maximum absolute atomic E-state index is 12.9. The van der Waals surface area contributed by atoms with Crippen molar-refractivity contribution in [3.63, 3.8) is 0 Å². The highest BCUT2D eigenvalue weighted by Crippen LogP contribution is 2.67. The first-order chi connectivity index (χ1) is 14.7. The number of aromatic nitrogens is 2. The summed E-state index contributed by atoms with van der Waals surface area (Å²) in [4.78, 5) is 16.7. The van der Waals surface area contributed by atoms with E-state index in [1.54, 1.807) is 34.1 Å². The van der Waals surface area contributed by atoms with Gasteiger partial charge in [0.2, 0.25) is 0 Å². The molecule has 3 aliphatic rings. The zero-order valence-corrected chi connectivity index (χ0v) is 19.4. The van der Waals surface area contributed by atoms with Gasteiger partial charge in [-0.1, -0.05) is 36.0 Å². The molecule has 5 rings (SSSR count). The van der Waals surface area contributed by atoms with E-state index < -0.39 is 10.0 Å². The van der Waals surface area contributed by atoms with Crippen LogP contribution in [0.3, 0.4) is 0 Å². The summed E-state index contributed by atoms with van der Waals surface area (Å²) in [7, 11) is -1.82. The molecule has 2 aromatic rings. The van der Waals surface area contributed by atoms with Crippen LogP contribution >= 0.6 is 23.2 Å².